The van der Waals surface area contributed by atoms with E-state index in [-0.39, 0.29) is 6.61 Å². The summed E-state index contributed by atoms with van der Waals surface area (Å²) in [7, 11) is 0. The Morgan fingerprint density at radius 3 is 2.85 bits per heavy atom. The molecule has 0 aromatic carbocycles. The van der Waals surface area contributed by atoms with Crippen molar-refractivity contribution in [1.29, 1.82) is 0 Å². The Kier molecular flexibility index (Phi) is 2.06. The molecule has 0 saturated heterocycles. The van der Waals surface area contributed by atoms with Crippen molar-refractivity contribution in [2.45, 2.75) is 6.61 Å². The zero-order chi connectivity index (χ0) is 9.10. The predicted octanol–water partition coefficient (Wildman–Crippen LogP) is 0.760. The third-order valence-corrected chi connectivity index (χ3v) is 1.74. The van der Waals surface area contributed by atoms with Gasteiger partial charge in [0.05, 0.1) is 24.2 Å². The van der Waals surface area contributed by atoms with Crippen molar-refractivity contribution in [3.63, 3.8) is 0 Å². The van der Waals surface area contributed by atoms with E-state index in [9.17, 15) is 0 Å². The molecular weight excluding hydrogens is 166 g/mol. The molecule has 0 aliphatic heterocycles. The van der Waals surface area contributed by atoms with Crippen LogP contribution in [-0.2, 0) is 6.61 Å². The van der Waals surface area contributed by atoms with Gasteiger partial charge in [-0.25, -0.2) is 4.68 Å². The van der Waals surface area contributed by atoms with Gasteiger partial charge < -0.3 is 5.11 Å². The van der Waals surface area contributed by atoms with Crippen LogP contribution in [-0.4, -0.2) is 19.9 Å². The van der Waals surface area contributed by atoms with E-state index in [0.29, 0.717) is 5.69 Å². The first-order chi connectivity index (χ1) is 6.40. The van der Waals surface area contributed by atoms with Gasteiger partial charge in [0, 0.05) is 12.4 Å². The molecule has 2 aromatic rings. The number of aliphatic hydroxyl groups excluding tert-OH is 1. The molecule has 4 heteroatoms. The van der Waals surface area contributed by atoms with Crippen LogP contribution >= 0.6 is 0 Å². The summed E-state index contributed by atoms with van der Waals surface area (Å²) in [5, 5.41) is 12.8. The fraction of sp³-hybridized carbons (Fsp3) is 0.111. The molecular formula is C9H9N3O. The van der Waals surface area contributed by atoms with Crippen molar-refractivity contribution >= 4 is 0 Å². The minimum atomic E-state index is -0.0284. The number of aliphatic hydroxyl groups is 1. The van der Waals surface area contributed by atoms with E-state index in [1.165, 1.54) is 0 Å². The minimum Gasteiger partial charge on any atom is -0.390 e. The average molecular weight is 175 g/mol. The first kappa shape index (κ1) is 7.94. The van der Waals surface area contributed by atoms with Gasteiger partial charge in [0.2, 0.25) is 0 Å². The Labute approximate surface area is 75.5 Å². The van der Waals surface area contributed by atoms with Gasteiger partial charge in [-0.1, -0.05) is 0 Å². The quantitative estimate of drug-likeness (QED) is 0.733. The number of hydrogen-bond donors (Lipinski definition) is 1. The fourth-order valence-corrected chi connectivity index (χ4v) is 1.07. The molecule has 2 rings (SSSR count). The highest BCUT2D eigenvalue weighted by atomic mass is 16.3. The summed E-state index contributed by atoms with van der Waals surface area (Å²) >= 11 is 0. The third-order valence-electron chi connectivity index (χ3n) is 1.74. The van der Waals surface area contributed by atoms with E-state index < -0.39 is 0 Å². The van der Waals surface area contributed by atoms with E-state index in [4.69, 9.17) is 5.11 Å². The van der Waals surface area contributed by atoms with Crippen LogP contribution in [0.3, 0.4) is 0 Å². The lowest BCUT2D eigenvalue weighted by molar-refractivity contribution is 0.277. The van der Waals surface area contributed by atoms with Crippen molar-refractivity contribution in [2.75, 3.05) is 0 Å². The van der Waals surface area contributed by atoms with E-state index >= 15 is 0 Å². The monoisotopic (exact) mass is 175 g/mol. The molecule has 0 amide bonds. The number of hydrogen-bond acceptors (Lipinski definition) is 3. The zero-order valence-corrected chi connectivity index (χ0v) is 6.96. The normalized spacial score (nSPS) is 10.2. The smallest absolute Gasteiger partial charge is 0.0852 e. The lowest BCUT2D eigenvalue weighted by atomic mass is 10.3. The molecule has 0 saturated carbocycles. The summed E-state index contributed by atoms with van der Waals surface area (Å²) < 4.78 is 1.72. The van der Waals surface area contributed by atoms with Gasteiger partial charge in [-0.2, -0.15) is 5.10 Å². The molecule has 1 N–H and O–H groups in total. The summed E-state index contributed by atoms with van der Waals surface area (Å²) in [6.07, 6.45) is 5.23. The second kappa shape index (κ2) is 3.37. The highest BCUT2D eigenvalue weighted by Gasteiger charge is 1.96. The number of aromatic nitrogens is 3. The summed E-state index contributed by atoms with van der Waals surface area (Å²) in [5.41, 5.74) is 1.55. The van der Waals surface area contributed by atoms with Crippen LogP contribution < -0.4 is 0 Å². The van der Waals surface area contributed by atoms with Gasteiger partial charge in [-0.3, -0.25) is 4.98 Å². The van der Waals surface area contributed by atoms with Gasteiger partial charge >= 0.3 is 0 Å². The Morgan fingerprint density at radius 1 is 1.38 bits per heavy atom. The average Bonchev–Trinajstić information content (AvgIpc) is 2.71. The lowest BCUT2D eigenvalue weighted by Crippen LogP contribution is -1.96. The molecule has 13 heavy (non-hydrogen) atoms. The molecule has 0 spiro atoms. The van der Waals surface area contributed by atoms with Gasteiger partial charge in [0.25, 0.3) is 0 Å². The molecule has 0 aliphatic rings. The SMILES string of the molecule is OCc1ccc(-n2cccn2)cn1. The lowest BCUT2D eigenvalue weighted by Gasteiger charge is -2.00. The summed E-state index contributed by atoms with van der Waals surface area (Å²) in [6.45, 7) is -0.0284. The molecule has 0 fully saturated rings. The Bertz CT molecular complexity index is 366. The topological polar surface area (TPSA) is 50.9 Å². The standard InChI is InChI=1S/C9H9N3O/c13-7-8-2-3-9(6-10-8)12-5-1-4-11-12/h1-6,13H,7H2. The van der Waals surface area contributed by atoms with Crippen LogP contribution in [0.25, 0.3) is 5.69 Å². The zero-order valence-electron chi connectivity index (χ0n) is 6.96. The molecule has 0 bridgehead atoms. The second-order valence-electron chi connectivity index (χ2n) is 2.62. The van der Waals surface area contributed by atoms with E-state index in [0.717, 1.165) is 5.69 Å². The highest BCUT2D eigenvalue weighted by molar-refractivity contribution is 5.28. The molecule has 2 heterocycles. The van der Waals surface area contributed by atoms with Crippen molar-refractivity contribution < 1.29 is 5.11 Å². The van der Waals surface area contributed by atoms with Crippen LogP contribution in [0.2, 0.25) is 0 Å². The maximum Gasteiger partial charge on any atom is 0.0852 e. The molecule has 0 radical (unpaired) electrons. The fourth-order valence-electron chi connectivity index (χ4n) is 1.07. The van der Waals surface area contributed by atoms with Crippen molar-refractivity contribution in [3.8, 4) is 5.69 Å². The molecule has 0 atom stereocenters. The molecule has 66 valence electrons. The second-order valence-corrected chi connectivity index (χ2v) is 2.62. The third kappa shape index (κ3) is 1.57. The predicted molar refractivity (Wildman–Crippen MR) is 47.3 cm³/mol. The summed E-state index contributed by atoms with van der Waals surface area (Å²) in [5.74, 6) is 0. The minimum absolute atomic E-state index is 0.0284. The van der Waals surface area contributed by atoms with E-state index in [2.05, 4.69) is 10.1 Å². The van der Waals surface area contributed by atoms with Crippen LogP contribution in [0.5, 0.6) is 0 Å². The first-order valence-electron chi connectivity index (χ1n) is 3.96. The van der Waals surface area contributed by atoms with Crippen LogP contribution in [0.1, 0.15) is 5.69 Å². The first-order valence-corrected chi connectivity index (χ1v) is 3.96. The maximum atomic E-state index is 8.77. The summed E-state index contributed by atoms with van der Waals surface area (Å²) in [6, 6.07) is 5.49. The van der Waals surface area contributed by atoms with Crippen molar-refractivity contribution in [2.24, 2.45) is 0 Å². The Hall–Kier alpha value is -1.68. The molecule has 0 aliphatic carbocycles. The van der Waals surface area contributed by atoms with E-state index in [1.807, 2.05) is 18.3 Å². The van der Waals surface area contributed by atoms with E-state index in [1.54, 1.807) is 23.1 Å². The number of rotatable bonds is 2. The van der Waals surface area contributed by atoms with Gasteiger partial charge in [0.1, 0.15) is 0 Å². The maximum absolute atomic E-state index is 8.77. The largest absolute Gasteiger partial charge is 0.390 e. The van der Waals surface area contributed by atoms with Gasteiger partial charge in [-0.15, -0.1) is 0 Å². The van der Waals surface area contributed by atoms with Crippen molar-refractivity contribution in [1.82, 2.24) is 14.8 Å². The summed E-state index contributed by atoms with van der Waals surface area (Å²) in [4.78, 5) is 4.04. The Morgan fingerprint density at radius 2 is 2.31 bits per heavy atom. The number of nitrogens with zero attached hydrogens (tertiary/aromatic N) is 3. The van der Waals surface area contributed by atoms with Crippen LogP contribution in [0.15, 0.2) is 36.8 Å². The highest BCUT2D eigenvalue weighted by Crippen LogP contribution is 2.04. The Balaban J connectivity index is 2.33. The molecule has 2 aromatic heterocycles. The van der Waals surface area contributed by atoms with Crippen molar-refractivity contribution in [3.05, 3.63) is 42.5 Å². The number of pyridine rings is 1. The molecule has 0 unspecified atom stereocenters. The molecule has 4 nitrogen and oxygen atoms in total. The van der Waals surface area contributed by atoms with Gasteiger partial charge in [0.15, 0.2) is 0 Å². The van der Waals surface area contributed by atoms with Crippen LogP contribution in [0.4, 0.5) is 0 Å². The van der Waals surface area contributed by atoms with Gasteiger partial charge in [-0.05, 0) is 18.2 Å². The van der Waals surface area contributed by atoms with Crippen LogP contribution in [0, 0.1) is 0 Å².